The maximum absolute atomic E-state index is 13.3. The number of methoxy groups -OCH3 is 1. The molecule has 2 aromatic rings. The van der Waals surface area contributed by atoms with Gasteiger partial charge in [0.25, 0.3) is 5.91 Å². The van der Waals surface area contributed by atoms with Crippen LogP contribution in [0.25, 0.3) is 0 Å². The lowest BCUT2D eigenvalue weighted by molar-refractivity contribution is 0.102. The average Bonchev–Trinajstić information content (AvgIpc) is 2.49. The summed E-state index contributed by atoms with van der Waals surface area (Å²) in [5.74, 6) is -0.678. The Kier molecular flexibility index (Phi) is 4.32. The van der Waals surface area contributed by atoms with Crippen LogP contribution in [-0.4, -0.2) is 13.0 Å². The van der Waals surface area contributed by atoms with Crippen molar-refractivity contribution in [3.63, 3.8) is 0 Å². The van der Waals surface area contributed by atoms with E-state index in [1.807, 2.05) is 6.07 Å². The first-order valence-corrected chi connectivity index (χ1v) is 6.08. The summed E-state index contributed by atoms with van der Waals surface area (Å²) >= 11 is 0. The normalized spacial score (nSPS) is 10.2. The van der Waals surface area contributed by atoms with Crippen molar-refractivity contribution >= 4 is 11.6 Å². The van der Waals surface area contributed by atoms with E-state index in [9.17, 15) is 9.18 Å². The zero-order chi connectivity index (χ0) is 14.5. The summed E-state index contributed by atoms with van der Waals surface area (Å²) in [4.78, 5) is 12.1. The summed E-state index contributed by atoms with van der Waals surface area (Å²) in [7, 11) is 1.37. The molecule has 0 atom stereocenters. The molecule has 0 heterocycles. The summed E-state index contributed by atoms with van der Waals surface area (Å²) in [6.07, 6.45) is 0. The highest BCUT2D eigenvalue weighted by atomic mass is 19.1. The Morgan fingerprint density at radius 2 is 2.10 bits per heavy atom. The summed E-state index contributed by atoms with van der Waals surface area (Å²) in [6, 6.07) is 11.2. The number of rotatable bonds is 4. The third-order valence-corrected chi connectivity index (χ3v) is 2.83. The lowest BCUT2D eigenvalue weighted by Gasteiger charge is -2.08. The Bertz CT molecular complexity index is 629. The van der Waals surface area contributed by atoms with E-state index in [4.69, 9.17) is 10.5 Å². The largest absolute Gasteiger partial charge is 0.494 e. The maximum Gasteiger partial charge on any atom is 0.255 e. The van der Waals surface area contributed by atoms with Gasteiger partial charge in [-0.15, -0.1) is 0 Å². The van der Waals surface area contributed by atoms with E-state index < -0.39 is 5.82 Å². The summed E-state index contributed by atoms with van der Waals surface area (Å²) in [6.45, 7) is 0.367. The van der Waals surface area contributed by atoms with E-state index in [1.54, 1.807) is 18.2 Å². The van der Waals surface area contributed by atoms with Gasteiger partial charge in [-0.1, -0.05) is 12.1 Å². The van der Waals surface area contributed by atoms with Gasteiger partial charge in [0.1, 0.15) is 0 Å². The first kappa shape index (κ1) is 14.0. The topological polar surface area (TPSA) is 64.3 Å². The molecule has 0 bridgehead atoms. The minimum atomic E-state index is -0.476. The summed E-state index contributed by atoms with van der Waals surface area (Å²) < 4.78 is 18.1. The van der Waals surface area contributed by atoms with Crippen LogP contribution in [0, 0.1) is 5.82 Å². The molecule has 0 saturated heterocycles. The fourth-order valence-electron chi connectivity index (χ4n) is 1.78. The molecule has 2 aromatic carbocycles. The second-order valence-corrected chi connectivity index (χ2v) is 4.21. The highest BCUT2D eigenvalue weighted by Crippen LogP contribution is 2.22. The summed E-state index contributed by atoms with van der Waals surface area (Å²) in [5.41, 5.74) is 7.37. The molecule has 5 heteroatoms. The second kappa shape index (κ2) is 6.16. The van der Waals surface area contributed by atoms with Gasteiger partial charge in [0.05, 0.1) is 7.11 Å². The highest BCUT2D eigenvalue weighted by Gasteiger charge is 2.09. The van der Waals surface area contributed by atoms with Crippen molar-refractivity contribution in [3.8, 4) is 5.75 Å². The van der Waals surface area contributed by atoms with Crippen LogP contribution >= 0.6 is 0 Å². The van der Waals surface area contributed by atoms with Crippen LogP contribution in [0.1, 0.15) is 15.9 Å². The van der Waals surface area contributed by atoms with Gasteiger partial charge in [0.2, 0.25) is 0 Å². The van der Waals surface area contributed by atoms with E-state index in [0.29, 0.717) is 17.8 Å². The van der Waals surface area contributed by atoms with Crippen molar-refractivity contribution < 1.29 is 13.9 Å². The number of anilines is 1. The fourth-order valence-corrected chi connectivity index (χ4v) is 1.78. The highest BCUT2D eigenvalue weighted by molar-refractivity contribution is 6.04. The molecule has 0 aliphatic rings. The van der Waals surface area contributed by atoms with Gasteiger partial charge in [-0.3, -0.25) is 4.79 Å². The van der Waals surface area contributed by atoms with Crippen molar-refractivity contribution in [2.75, 3.05) is 12.4 Å². The van der Waals surface area contributed by atoms with Crippen LogP contribution in [0.5, 0.6) is 5.75 Å². The first-order chi connectivity index (χ1) is 9.63. The number of benzene rings is 2. The van der Waals surface area contributed by atoms with E-state index in [0.717, 1.165) is 5.56 Å². The number of hydrogen-bond acceptors (Lipinski definition) is 3. The van der Waals surface area contributed by atoms with Crippen LogP contribution < -0.4 is 15.8 Å². The molecule has 0 saturated carbocycles. The Morgan fingerprint density at radius 3 is 2.80 bits per heavy atom. The Morgan fingerprint density at radius 1 is 1.30 bits per heavy atom. The van der Waals surface area contributed by atoms with Crippen molar-refractivity contribution in [1.82, 2.24) is 0 Å². The van der Waals surface area contributed by atoms with E-state index >= 15 is 0 Å². The van der Waals surface area contributed by atoms with E-state index in [-0.39, 0.29) is 11.7 Å². The Balaban J connectivity index is 2.18. The van der Waals surface area contributed by atoms with Crippen LogP contribution in [0.2, 0.25) is 0 Å². The molecule has 0 radical (unpaired) electrons. The molecule has 4 nitrogen and oxygen atoms in total. The lowest BCUT2D eigenvalue weighted by Crippen LogP contribution is -2.12. The van der Waals surface area contributed by atoms with Gasteiger partial charge < -0.3 is 15.8 Å². The minimum absolute atomic E-state index is 0.0820. The predicted octanol–water partition coefficient (Wildman–Crippen LogP) is 2.55. The molecular weight excluding hydrogens is 259 g/mol. The molecule has 1 amide bonds. The van der Waals surface area contributed by atoms with Gasteiger partial charge in [0, 0.05) is 23.9 Å². The van der Waals surface area contributed by atoms with Crippen LogP contribution in [-0.2, 0) is 6.54 Å². The zero-order valence-corrected chi connectivity index (χ0v) is 11.0. The monoisotopic (exact) mass is 274 g/mol. The molecule has 20 heavy (non-hydrogen) atoms. The van der Waals surface area contributed by atoms with Gasteiger partial charge in [-0.2, -0.15) is 0 Å². The average molecular weight is 274 g/mol. The van der Waals surface area contributed by atoms with E-state index in [2.05, 4.69) is 5.32 Å². The van der Waals surface area contributed by atoms with Crippen molar-refractivity contribution in [2.45, 2.75) is 6.54 Å². The second-order valence-electron chi connectivity index (χ2n) is 4.21. The van der Waals surface area contributed by atoms with Gasteiger partial charge >= 0.3 is 0 Å². The molecule has 0 aliphatic heterocycles. The lowest BCUT2D eigenvalue weighted by atomic mass is 10.1. The standard InChI is InChI=1S/C15H15FN2O2/c1-20-14-8-12(5-6-13(14)16)18-15(19)11-4-2-3-10(7-11)9-17/h2-8H,9,17H2,1H3,(H,18,19). The molecule has 0 aromatic heterocycles. The van der Waals surface area contributed by atoms with Crippen LogP contribution in [0.4, 0.5) is 10.1 Å². The SMILES string of the molecule is COc1cc(NC(=O)c2cccc(CN)c2)ccc1F. The quantitative estimate of drug-likeness (QED) is 0.900. The number of amides is 1. The predicted molar refractivity (Wildman–Crippen MR) is 75.2 cm³/mol. The van der Waals surface area contributed by atoms with E-state index in [1.165, 1.54) is 25.3 Å². The van der Waals surface area contributed by atoms with Crippen molar-refractivity contribution in [2.24, 2.45) is 5.73 Å². The van der Waals surface area contributed by atoms with Crippen molar-refractivity contribution in [3.05, 3.63) is 59.4 Å². The molecule has 104 valence electrons. The molecular formula is C15H15FN2O2. The number of carbonyl (C=O) groups is 1. The van der Waals surface area contributed by atoms with Crippen molar-refractivity contribution in [1.29, 1.82) is 0 Å². The number of nitrogens with two attached hydrogens (primary N) is 1. The number of ether oxygens (including phenoxy) is 1. The van der Waals surface area contributed by atoms with Gasteiger partial charge in [-0.05, 0) is 29.8 Å². The molecule has 2 rings (SSSR count). The van der Waals surface area contributed by atoms with Crippen LogP contribution in [0.15, 0.2) is 42.5 Å². The van der Waals surface area contributed by atoms with Crippen LogP contribution in [0.3, 0.4) is 0 Å². The molecule has 0 unspecified atom stereocenters. The number of hydrogen-bond donors (Lipinski definition) is 2. The molecule has 0 spiro atoms. The van der Waals surface area contributed by atoms with Gasteiger partial charge in [0.15, 0.2) is 11.6 Å². The maximum atomic E-state index is 13.3. The minimum Gasteiger partial charge on any atom is -0.494 e. The fraction of sp³-hybridized carbons (Fsp3) is 0.133. The molecule has 0 fully saturated rings. The summed E-state index contributed by atoms with van der Waals surface area (Å²) in [5, 5.41) is 2.69. The smallest absolute Gasteiger partial charge is 0.255 e. The van der Waals surface area contributed by atoms with Gasteiger partial charge in [-0.25, -0.2) is 4.39 Å². The molecule has 3 N–H and O–H groups in total. The third kappa shape index (κ3) is 3.13. The third-order valence-electron chi connectivity index (χ3n) is 2.83. The first-order valence-electron chi connectivity index (χ1n) is 6.08. The number of carbonyl (C=O) groups excluding carboxylic acids is 1. The molecule has 0 aliphatic carbocycles. The zero-order valence-electron chi connectivity index (χ0n) is 11.0. The number of nitrogens with one attached hydrogen (secondary N) is 1. The Hall–Kier alpha value is -2.40. The number of halogens is 1. The Labute approximate surface area is 116 Å².